The molecule has 6 rings (SSSR count). The lowest BCUT2D eigenvalue weighted by atomic mass is 9.69. The molecule has 12 amide bonds. The normalized spacial score (nSPS) is 22.2. The first kappa shape index (κ1) is 128. The summed E-state index contributed by atoms with van der Waals surface area (Å²) in [5.74, 6) is -6.67. The van der Waals surface area contributed by atoms with Crippen LogP contribution in [0.1, 0.15) is 212 Å². The van der Waals surface area contributed by atoms with Gasteiger partial charge >= 0.3 is 5.97 Å². The second-order valence-corrected chi connectivity index (χ2v) is 43.0. The summed E-state index contributed by atoms with van der Waals surface area (Å²) in [6, 6.07) is 17.5. The summed E-state index contributed by atoms with van der Waals surface area (Å²) in [6.45, 7) is 37.9. The maximum Gasteiger partial charge on any atom is 0.303 e. The number of nitrogens with one attached hydrogen (secondary N) is 4. The molecule has 147 heavy (non-hydrogen) atoms. The molecule has 2 heterocycles. The standard InChI is InChI=1S/C62H111N11O12.C27H38N2O4.C22H26N2O4S/c1-25-27-28-40(15)52(75)51-56(79)65-43(26-2)58(81)67(18)33-48(74)68(19)44(29-34(3)4)55(78)66-49(38(11)12)61(84)69(20)45(30-35(5)6)54(77)63-41(16)53(76)64-42(17)57(80)70(21)46(31-36(7)8)59(82)71(22)47(32-37(9)10)60(83)72(23)50(39(13)14)62(85)73(51)24;1-20(2)27(19-28,22-10-12-24(31-5)26(18-22)33-7)14-8-15-29(3)16-13-21-9-11-23(30-4)25(17-21)32-6;1-15(25)28-20-21(16-9-11-17(27-4)12-10-16)29-19-8-6-5-7-18(19)24(22(20)26)14-13-23(2)3/h25,27,34-47,49-52,75H,26,28-33H2,1-24H3,(H,63,77)(H,64,76)(H,65,79)(H,66,78);9-12,17-18,20H,8,13-16H2,1-7H3;5-12,20-21H,13-14H2,1-4H3/b27-25+;;/t40-,41+,42-,43+,44+,45+,46+,47+,49+,50+,51+,52-;;20-,21+/m1.1/s1. The molecule has 35 nitrogen and oxygen atoms in total. The number of amides is 12. The molecular weight excluding hydrogens is 1900 g/mol. The first-order valence-electron chi connectivity index (χ1n) is 51.4. The van der Waals surface area contributed by atoms with E-state index in [0.717, 1.165) is 81.1 Å². The van der Waals surface area contributed by atoms with Crippen molar-refractivity contribution in [3.8, 4) is 34.8 Å². The number of anilines is 1. The summed E-state index contributed by atoms with van der Waals surface area (Å²) >= 11 is 1.54. The van der Waals surface area contributed by atoms with Crippen LogP contribution in [0.3, 0.4) is 0 Å². The first-order chi connectivity index (χ1) is 69.0. The highest BCUT2D eigenvalue weighted by atomic mass is 32.2. The zero-order chi connectivity index (χ0) is 111. The van der Waals surface area contributed by atoms with Gasteiger partial charge in [-0.1, -0.05) is 159 Å². The van der Waals surface area contributed by atoms with Crippen LogP contribution in [0.4, 0.5) is 5.69 Å². The van der Waals surface area contributed by atoms with E-state index >= 15 is 9.59 Å². The lowest BCUT2D eigenvalue weighted by Gasteiger charge is -2.41. The highest BCUT2D eigenvalue weighted by Crippen LogP contribution is 2.48. The molecule has 820 valence electrons. The quantitative estimate of drug-likeness (QED) is 0.0214. The summed E-state index contributed by atoms with van der Waals surface area (Å²) in [7, 11) is 24.1. The van der Waals surface area contributed by atoms with E-state index in [4.69, 9.17) is 28.4 Å². The Morgan fingerprint density at radius 1 is 0.537 bits per heavy atom. The summed E-state index contributed by atoms with van der Waals surface area (Å²) in [4.78, 5) is 201. The fourth-order valence-electron chi connectivity index (χ4n) is 18.1. The second kappa shape index (κ2) is 60.8. The number of para-hydroxylation sites is 1. The van der Waals surface area contributed by atoms with Gasteiger partial charge in [-0.15, -0.1) is 11.8 Å². The average molecular weight is 2070 g/mol. The molecule has 36 heteroatoms. The second-order valence-electron chi connectivity index (χ2n) is 41.8. The smallest absolute Gasteiger partial charge is 0.303 e. The van der Waals surface area contributed by atoms with Gasteiger partial charge in [0, 0.05) is 80.8 Å². The number of rotatable bonds is 34. The molecule has 0 aliphatic carbocycles. The third kappa shape index (κ3) is 36.1. The van der Waals surface area contributed by atoms with Crippen LogP contribution in [-0.4, -0.2) is 337 Å². The van der Waals surface area contributed by atoms with Crippen molar-refractivity contribution < 1.29 is 95.9 Å². The number of nitriles is 1. The number of hydrogen-bond acceptors (Lipinski definition) is 24. The van der Waals surface area contributed by atoms with Crippen molar-refractivity contribution in [2.45, 2.75) is 284 Å². The van der Waals surface area contributed by atoms with Gasteiger partial charge in [0.1, 0.15) is 66.2 Å². The molecular formula is C111H175N15O20S. The summed E-state index contributed by atoms with van der Waals surface area (Å²) in [6.07, 6.45) is 4.74. The maximum absolute atomic E-state index is 15.1. The monoisotopic (exact) mass is 2070 g/mol. The number of aliphatic hydroxyl groups is 1. The number of carbonyl (C=O) groups is 13. The highest BCUT2D eigenvalue weighted by molar-refractivity contribution is 7.99. The van der Waals surface area contributed by atoms with Gasteiger partial charge in [-0.25, -0.2) is 0 Å². The third-order valence-corrected chi connectivity index (χ3v) is 28.6. The first-order valence-corrected chi connectivity index (χ1v) is 52.3. The van der Waals surface area contributed by atoms with Gasteiger partial charge < -0.3 is 104 Å². The Bertz CT molecular complexity index is 5050. The summed E-state index contributed by atoms with van der Waals surface area (Å²) < 4.78 is 32.4. The number of esters is 1. The predicted octanol–water partition coefficient (Wildman–Crippen LogP) is 11.7. The Balaban J connectivity index is 0.000000580. The predicted molar refractivity (Wildman–Crippen MR) is 575 cm³/mol. The molecule has 0 bridgehead atoms. The number of allylic oxidation sites excluding steroid dienone is 2. The Labute approximate surface area is 880 Å². The number of hydrogen-bond donors (Lipinski definition) is 5. The zero-order valence-corrected chi connectivity index (χ0v) is 95.1. The van der Waals surface area contributed by atoms with Crippen LogP contribution in [0.5, 0.6) is 28.7 Å². The molecule has 1 fully saturated rings. The molecule has 0 spiro atoms. The third-order valence-electron chi connectivity index (χ3n) is 27.2. The minimum Gasteiger partial charge on any atom is -0.497 e. The molecule has 1 saturated heterocycles. The minimum absolute atomic E-state index is 0.0229. The van der Waals surface area contributed by atoms with Crippen LogP contribution in [0.2, 0.25) is 0 Å². The van der Waals surface area contributed by atoms with Crippen LogP contribution in [0, 0.1) is 58.7 Å². The van der Waals surface area contributed by atoms with E-state index < -0.39 is 173 Å². The van der Waals surface area contributed by atoms with E-state index in [0.29, 0.717) is 31.0 Å². The molecule has 5 N–H and O–H groups in total. The topological polar surface area (TPSA) is 402 Å². The van der Waals surface area contributed by atoms with Gasteiger partial charge in [0.25, 0.3) is 5.91 Å². The van der Waals surface area contributed by atoms with Crippen molar-refractivity contribution in [2.75, 3.05) is 144 Å². The van der Waals surface area contributed by atoms with E-state index in [1.165, 1.54) is 100 Å². The van der Waals surface area contributed by atoms with Gasteiger partial charge in [-0.2, -0.15) is 5.26 Å². The molecule has 0 radical (unpaired) electrons. The lowest BCUT2D eigenvalue weighted by molar-refractivity contribution is -0.157. The molecule has 4 aromatic carbocycles. The van der Waals surface area contributed by atoms with Crippen LogP contribution in [0.25, 0.3) is 0 Å². The Kier molecular flexibility index (Phi) is 52.8. The van der Waals surface area contributed by atoms with Gasteiger partial charge in [0.05, 0.1) is 70.6 Å². The summed E-state index contributed by atoms with van der Waals surface area (Å²) in [5.41, 5.74) is 3.35. The van der Waals surface area contributed by atoms with Gasteiger partial charge in [0.15, 0.2) is 29.1 Å². The van der Waals surface area contributed by atoms with Gasteiger partial charge in [-0.3, -0.25) is 62.3 Å². The number of thioether (sulfide) groups is 1. The number of nitrogens with zero attached hydrogens (tertiary/aromatic N) is 11. The molecule has 15 atom stereocenters. The van der Waals surface area contributed by atoms with E-state index in [9.17, 15) is 63.1 Å². The fourth-order valence-corrected chi connectivity index (χ4v) is 19.5. The molecule has 1 unspecified atom stereocenters. The highest BCUT2D eigenvalue weighted by Gasteiger charge is 2.48. The number of methoxy groups -OCH3 is 5. The average Bonchev–Trinajstić information content (AvgIpc) is 1.68. The molecule has 4 aromatic rings. The van der Waals surface area contributed by atoms with Crippen molar-refractivity contribution in [1.82, 2.24) is 65.4 Å². The van der Waals surface area contributed by atoms with Crippen LogP contribution in [0.15, 0.2) is 102 Å². The maximum atomic E-state index is 15.1. The number of likely N-dealkylation sites (N-methyl/N-ethyl adjacent to an activating group) is 9. The summed E-state index contributed by atoms with van der Waals surface area (Å²) in [5, 5.41) is 32.9. The molecule has 0 aromatic heterocycles. The number of ether oxygens (including phenoxy) is 6. The van der Waals surface area contributed by atoms with E-state index in [-0.39, 0.29) is 72.9 Å². The fraction of sp³-hybridized carbons (Fsp3) is 0.640. The number of aliphatic hydroxyl groups excluding tert-OH is 1. The Hall–Kier alpha value is -11.6. The number of fused-ring (bicyclic) bond motifs is 1. The molecule has 2 aliphatic heterocycles. The zero-order valence-electron chi connectivity index (χ0n) is 94.3. The van der Waals surface area contributed by atoms with Crippen LogP contribution < -0.4 is 49.9 Å². The van der Waals surface area contributed by atoms with Crippen molar-refractivity contribution in [3.05, 3.63) is 114 Å². The SMILES string of the molecule is C/C=C/C[C@@H](C)[C@@H](O)[C@H]1C(=O)N[C@@H](CC)C(=O)N(C)CC(=O)N(C)[C@@H](CC(C)C)C(=O)N[C@@H](C(C)C)C(=O)N(C)[C@@H](CC(C)C)C(=O)N[C@@H](C)C(=O)N[C@H](C)C(=O)N(C)[C@@H](CC(C)C)C(=O)N(C)[C@@H](CC(C)C)C(=O)N(C)[C@@H](C(C)C)C(=O)N1C.COc1ccc(CCN(C)CCCC(C#N)(c2ccc(OC)c(OC)c2)C(C)C)cc1OC.COc1ccc([C@@H]2Sc3ccccc3N(CCN(C)C)C(=O)[C@@H]2OC(C)=O)cc1. The van der Waals surface area contributed by atoms with Crippen molar-refractivity contribution in [3.63, 3.8) is 0 Å². The van der Waals surface area contributed by atoms with Gasteiger partial charge in [0.2, 0.25) is 65.0 Å². The Morgan fingerprint density at radius 2 is 1.04 bits per heavy atom. The minimum atomic E-state index is -1.61. The van der Waals surface area contributed by atoms with Crippen molar-refractivity contribution in [2.24, 2.45) is 47.3 Å². The molecule has 0 saturated carbocycles. The van der Waals surface area contributed by atoms with E-state index in [1.54, 1.807) is 107 Å². The lowest BCUT2D eigenvalue weighted by Crippen LogP contribution is -2.63. The largest absolute Gasteiger partial charge is 0.497 e. The van der Waals surface area contributed by atoms with Gasteiger partial charge in [-0.05, 0) is 219 Å². The van der Waals surface area contributed by atoms with Crippen LogP contribution >= 0.6 is 11.8 Å². The van der Waals surface area contributed by atoms with Crippen molar-refractivity contribution in [1.29, 1.82) is 5.26 Å². The number of benzene rings is 4. The van der Waals surface area contributed by atoms with Crippen LogP contribution in [-0.2, 0) is 78.9 Å². The van der Waals surface area contributed by atoms with E-state index in [1.807, 2.05) is 159 Å². The molecule has 2 aliphatic rings. The van der Waals surface area contributed by atoms with Crippen molar-refractivity contribution >= 4 is 94.3 Å². The Morgan fingerprint density at radius 3 is 1.54 bits per heavy atom. The number of carbonyl (C=O) groups excluding carboxylic acids is 13. The van der Waals surface area contributed by atoms with E-state index in [2.05, 4.69) is 59.2 Å².